The first-order valence-corrected chi connectivity index (χ1v) is 9.01. The number of tetrazole rings is 1. The summed E-state index contributed by atoms with van der Waals surface area (Å²) in [7, 11) is 0. The number of aromatic nitrogens is 5. The second kappa shape index (κ2) is 7.58. The number of pyridine rings is 1. The van der Waals surface area contributed by atoms with Crippen LogP contribution in [0.3, 0.4) is 0 Å². The Morgan fingerprint density at radius 1 is 1.22 bits per heavy atom. The van der Waals surface area contributed by atoms with E-state index in [4.69, 9.17) is 0 Å². The smallest absolute Gasteiger partial charge is 0.252 e. The van der Waals surface area contributed by atoms with Crippen LogP contribution in [0, 0.1) is 6.92 Å². The van der Waals surface area contributed by atoms with Crippen LogP contribution in [0.5, 0.6) is 0 Å². The lowest BCUT2D eigenvalue weighted by Gasteiger charge is -2.24. The van der Waals surface area contributed by atoms with E-state index >= 15 is 0 Å². The zero-order chi connectivity index (χ0) is 19.6. The number of aliphatic hydroxyl groups is 1. The highest BCUT2D eigenvalue weighted by molar-refractivity contribution is 5.79. The van der Waals surface area contributed by atoms with Crippen molar-refractivity contribution in [3.8, 4) is 0 Å². The van der Waals surface area contributed by atoms with E-state index in [2.05, 4.69) is 20.5 Å². The van der Waals surface area contributed by atoms with Gasteiger partial charge in [-0.1, -0.05) is 12.1 Å². The number of nitrogens with one attached hydrogen (secondary N) is 1. The first-order valence-electron chi connectivity index (χ1n) is 9.01. The van der Waals surface area contributed by atoms with Crippen molar-refractivity contribution in [3.05, 3.63) is 51.6 Å². The van der Waals surface area contributed by atoms with Crippen LogP contribution >= 0.6 is 0 Å². The van der Waals surface area contributed by atoms with Crippen LogP contribution in [0.4, 0.5) is 0 Å². The highest BCUT2D eigenvalue weighted by Crippen LogP contribution is 2.17. The lowest BCUT2D eigenvalue weighted by molar-refractivity contribution is 0.174. The Morgan fingerprint density at radius 2 is 2.00 bits per heavy atom. The summed E-state index contributed by atoms with van der Waals surface area (Å²) in [5.74, 6) is 0.698. The molecule has 0 unspecified atom stereocenters. The standard InChI is InChI=1S/C19H26N6O2/c1-13-5-6-14-10-15(18(27)20-16(14)9-13)11-24(7-8-26)12-17-21-22-23-25(17)19(2,3)4/h5-6,9-10,26H,7-8,11-12H2,1-4H3,(H,20,27). The Hall–Kier alpha value is -2.58. The van der Waals surface area contributed by atoms with Gasteiger partial charge >= 0.3 is 0 Å². The summed E-state index contributed by atoms with van der Waals surface area (Å²) in [6, 6.07) is 7.89. The van der Waals surface area contributed by atoms with Gasteiger partial charge in [0.1, 0.15) is 0 Å². The van der Waals surface area contributed by atoms with Gasteiger partial charge in [0.25, 0.3) is 5.56 Å². The molecule has 2 N–H and O–H groups in total. The summed E-state index contributed by atoms with van der Waals surface area (Å²) in [6.07, 6.45) is 0. The van der Waals surface area contributed by atoms with E-state index in [0.29, 0.717) is 31.0 Å². The molecule has 0 spiro atoms. The van der Waals surface area contributed by atoms with Gasteiger partial charge in [-0.2, -0.15) is 0 Å². The van der Waals surface area contributed by atoms with Crippen LogP contribution in [0.15, 0.2) is 29.1 Å². The van der Waals surface area contributed by atoms with Gasteiger partial charge in [0.05, 0.1) is 18.7 Å². The average Bonchev–Trinajstić information content (AvgIpc) is 3.04. The van der Waals surface area contributed by atoms with Crippen molar-refractivity contribution in [1.29, 1.82) is 0 Å². The molecule has 1 aromatic carbocycles. The lowest BCUT2D eigenvalue weighted by Crippen LogP contribution is -2.33. The molecule has 2 heterocycles. The zero-order valence-electron chi connectivity index (χ0n) is 16.2. The van der Waals surface area contributed by atoms with Crippen molar-refractivity contribution in [1.82, 2.24) is 30.1 Å². The minimum absolute atomic E-state index is 0.0121. The Bertz CT molecular complexity index is 986. The number of aliphatic hydroxyl groups excluding tert-OH is 1. The Labute approximate surface area is 157 Å². The van der Waals surface area contributed by atoms with Gasteiger partial charge in [0.15, 0.2) is 5.82 Å². The predicted molar refractivity (Wildman–Crippen MR) is 103 cm³/mol. The summed E-state index contributed by atoms with van der Waals surface area (Å²) >= 11 is 0. The fourth-order valence-electron chi connectivity index (χ4n) is 3.10. The number of fused-ring (bicyclic) bond motifs is 1. The first kappa shape index (κ1) is 19.2. The van der Waals surface area contributed by atoms with Crippen LogP contribution in [-0.4, -0.2) is 48.3 Å². The molecule has 0 aliphatic heterocycles. The summed E-state index contributed by atoms with van der Waals surface area (Å²) in [4.78, 5) is 17.4. The number of hydrogen-bond donors (Lipinski definition) is 2. The molecule has 0 radical (unpaired) electrons. The lowest BCUT2D eigenvalue weighted by atomic mass is 10.1. The third-order valence-corrected chi connectivity index (χ3v) is 4.42. The molecule has 0 saturated carbocycles. The number of H-pyrrole nitrogens is 1. The molecule has 144 valence electrons. The molecule has 8 heteroatoms. The maximum atomic E-state index is 12.5. The SMILES string of the molecule is Cc1ccc2cc(CN(CCO)Cc3nnnn3C(C)(C)C)c(=O)[nH]c2c1. The van der Waals surface area contributed by atoms with Gasteiger partial charge in [-0.3, -0.25) is 9.69 Å². The molecule has 0 bridgehead atoms. The van der Waals surface area contributed by atoms with Crippen molar-refractivity contribution < 1.29 is 5.11 Å². The van der Waals surface area contributed by atoms with E-state index in [0.717, 1.165) is 16.5 Å². The molecule has 0 aliphatic carbocycles. The normalized spacial score (nSPS) is 12.2. The summed E-state index contributed by atoms with van der Waals surface area (Å²) in [5, 5.41) is 22.4. The number of rotatable bonds is 6. The Morgan fingerprint density at radius 3 is 2.70 bits per heavy atom. The van der Waals surface area contributed by atoms with E-state index in [9.17, 15) is 9.90 Å². The van der Waals surface area contributed by atoms with Gasteiger partial charge in [0, 0.05) is 24.2 Å². The third kappa shape index (κ3) is 4.40. The fourth-order valence-corrected chi connectivity index (χ4v) is 3.10. The first-order chi connectivity index (χ1) is 12.8. The van der Waals surface area contributed by atoms with E-state index in [1.54, 1.807) is 4.68 Å². The molecule has 0 atom stereocenters. The fraction of sp³-hybridized carbons (Fsp3) is 0.474. The molecule has 8 nitrogen and oxygen atoms in total. The molecular formula is C19H26N6O2. The highest BCUT2D eigenvalue weighted by atomic mass is 16.3. The molecule has 3 aromatic rings. The monoisotopic (exact) mass is 370 g/mol. The molecular weight excluding hydrogens is 344 g/mol. The van der Waals surface area contributed by atoms with E-state index in [1.807, 2.05) is 56.9 Å². The van der Waals surface area contributed by atoms with Gasteiger partial charge in [-0.25, -0.2) is 4.68 Å². The molecule has 2 aromatic heterocycles. The van der Waals surface area contributed by atoms with Crippen molar-refractivity contribution >= 4 is 10.9 Å². The van der Waals surface area contributed by atoms with Crippen LogP contribution in [-0.2, 0) is 18.6 Å². The molecule has 0 fully saturated rings. The maximum Gasteiger partial charge on any atom is 0.252 e. The van der Waals surface area contributed by atoms with Gasteiger partial charge in [0.2, 0.25) is 0 Å². The summed E-state index contributed by atoms with van der Waals surface area (Å²) in [6.45, 7) is 9.32. The average molecular weight is 370 g/mol. The van der Waals surface area contributed by atoms with Gasteiger partial charge in [-0.15, -0.1) is 5.10 Å². The second-order valence-corrected chi connectivity index (χ2v) is 7.83. The largest absolute Gasteiger partial charge is 0.395 e. The number of benzene rings is 1. The van der Waals surface area contributed by atoms with E-state index in [-0.39, 0.29) is 17.7 Å². The van der Waals surface area contributed by atoms with Gasteiger partial charge < -0.3 is 10.1 Å². The van der Waals surface area contributed by atoms with Crippen LogP contribution in [0.2, 0.25) is 0 Å². The number of hydrogen-bond acceptors (Lipinski definition) is 6. The van der Waals surface area contributed by atoms with Crippen LogP contribution in [0.1, 0.15) is 37.7 Å². The molecule has 3 rings (SSSR count). The summed E-state index contributed by atoms with van der Waals surface area (Å²) < 4.78 is 1.77. The summed E-state index contributed by atoms with van der Waals surface area (Å²) in [5.41, 5.74) is 2.21. The second-order valence-electron chi connectivity index (χ2n) is 7.83. The number of aromatic amines is 1. The zero-order valence-corrected chi connectivity index (χ0v) is 16.2. The maximum absolute atomic E-state index is 12.5. The minimum Gasteiger partial charge on any atom is -0.395 e. The van der Waals surface area contributed by atoms with Crippen molar-refractivity contribution in [3.63, 3.8) is 0 Å². The topological polar surface area (TPSA) is 99.9 Å². The quantitative estimate of drug-likeness (QED) is 0.683. The number of aryl methyl sites for hydroxylation is 1. The van der Waals surface area contributed by atoms with Crippen molar-refractivity contribution in [2.75, 3.05) is 13.2 Å². The highest BCUT2D eigenvalue weighted by Gasteiger charge is 2.21. The Balaban J connectivity index is 1.88. The van der Waals surface area contributed by atoms with Crippen LogP contribution in [0.25, 0.3) is 10.9 Å². The Kier molecular flexibility index (Phi) is 5.38. The van der Waals surface area contributed by atoms with Crippen molar-refractivity contribution in [2.45, 2.75) is 46.3 Å². The van der Waals surface area contributed by atoms with Crippen LogP contribution < -0.4 is 5.56 Å². The van der Waals surface area contributed by atoms with Gasteiger partial charge in [-0.05, 0) is 61.2 Å². The van der Waals surface area contributed by atoms with E-state index in [1.165, 1.54) is 0 Å². The number of nitrogens with zero attached hydrogens (tertiary/aromatic N) is 5. The third-order valence-electron chi connectivity index (χ3n) is 4.42. The molecule has 0 saturated heterocycles. The van der Waals surface area contributed by atoms with Crippen molar-refractivity contribution in [2.24, 2.45) is 0 Å². The van der Waals surface area contributed by atoms with E-state index < -0.39 is 0 Å². The molecule has 0 amide bonds. The molecule has 27 heavy (non-hydrogen) atoms. The minimum atomic E-state index is -0.248. The molecule has 0 aliphatic rings. The predicted octanol–water partition coefficient (Wildman–Crippen LogP) is 1.57.